The third kappa shape index (κ3) is 3.57. The molecule has 0 saturated carbocycles. The van der Waals surface area contributed by atoms with Crippen LogP contribution in [0.5, 0.6) is 5.75 Å². The number of carboxylic acid groups (broad SMARTS) is 1. The summed E-state index contributed by atoms with van der Waals surface area (Å²) in [6, 6.07) is 8.82. The second-order valence-electron chi connectivity index (χ2n) is 5.05. The van der Waals surface area contributed by atoms with Gasteiger partial charge in [0, 0.05) is 0 Å². The predicted molar refractivity (Wildman–Crippen MR) is 92.0 cm³/mol. The largest absolute Gasteiger partial charge is 0.497 e. The Hall–Kier alpha value is -2.80. The topological polar surface area (TPSA) is 92.7 Å². The van der Waals surface area contributed by atoms with E-state index in [9.17, 15) is 18.3 Å². The van der Waals surface area contributed by atoms with E-state index in [2.05, 4.69) is 11.3 Å². The van der Waals surface area contributed by atoms with Gasteiger partial charge in [0.2, 0.25) is 0 Å². The Bertz CT molecular complexity index is 886. The minimum atomic E-state index is -3.93. The van der Waals surface area contributed by atoms with Crippen molar-refractivity contribution in [1.29, 1.82) is 0 Å². The summed E-state index contributed by atoms with van der Waals surface area (Å²) < 4.78 is 32.4. The monoisotopic (exact) mass is 347 g/mol. The van der Waals surface area contributed by atoms with Crippen molar-refractivity contribution in [2.75, 3.05) is 11.8 Å². The Labute approximate surface area is 140 Å². The lowest BCUT2D eigenvalue weighted by Gasteiger charge is -2.14. The fraction of sp³-hybridized carbons (Fsp3) is 0.118. The Kier molecular flexibility index (Phi) is 4.94. The van der Waals surface area contributed by atoms with Crippen molar-refractivity contribution in [2.45, 2.75) is 11.8 Å². The zero-order valence-electron chi connectivity index (χ0n) is 13.2. The lowest BCUT2D eigenvalue weighted by atomic mass is 10.0. The quantitative estimate of drug-likeness (QED) is 0.837. The van der Waals surface area contributed by atoms with Crippen molar-refractivity contribution in [3.63, 3.8) is 0 Å². The number of rotatable bonds is 6. The molecule has 2 aromatic rings. The third-order valence-electron chi connectivity index (χ3n) is 3.43. The van der Waals surface area contributed by atoms with Crippen molar-refractivity contribution in [3.05, 3.63) is 59.7 Å². The predicted octanol–water partition coefficient (Wildman–Crippen LogP) is 3.15. The highest BCUT2D eigenvalue weighted by atomic mass is 32.2. The summed E-state index contributed by atoms with van der Waals surface area (Å²) in [5.74, 6) is -0.707. The fourth-order valence-corrected chi connectivity index (χ4v) is 3.34. The molecule has 0 aliphatic carbocycles. The van der Waals surface area contributed by atoms with Crippen LogP contribution < -0.4 is 9.46 Å². The number of aromatic carboxylic acids is 1. The Morgan fingerprint density at radius 3 is 2.38 bits per heavy atom. The molecule has 0 radical (unpaired) electrons. The average molecular weight is 347 g/mol. The highest BCUT2D eigenvalue weighted by molar-refractivity contribution is 7.92. The molecule has 0 bridgehead atoms. The van der Waals surface area contributed by atoms with Gasteiger partial charge >= 0.3 is 5.97 Å². The Morgan fingerprint density at radius 2 is 1.88 bits per heavy atom. The molecule has 0 amide bonds. The molecule has 2 rings (SSSR count). The van der Waals surface area contributed by atoms with E-state index in [1.54, 1.807) is 13.0 Å². The zero-order valence-corrected chi connectivity index (χ0v) is 14.1. The van der Waals surface area contributed by atoms with Gasteiger partial charge in [-0.2, -0.15) is 0 Å². The van der Waals surface area contributed by atoms with E-state index >= 15 is 0 Å². The van der Waals surface area contributed by atoms with Gasteiger partial charge in [0.05, 0.1) is 23.3 Å². The fourth-order valence-electron chi connectivity index (χ4n) is 2.19. The first-order chi connectivity index (χ1) is 11.3. The molecule has 2 aromatic carbocycles. The summed E-state index contributed by atoms with van der Waals surface area (Å²) >= 11 is 0. The Morgan fingerprint density at radius 1 is 1.25 bits per heavy atom. The number of benzene rings is 2. The number of anilines is 1. The number of carbonyl (C=O) groups is 1. The van der Waals surface area contributed by atoms with Crippen LogP contribution in [0.4, 0.5) is 5.69 Å². The number of hydrogen-bond donors (Lipinski definition) is 2. The molecule has 0 aromatic heterocycles. The molecule has 0 fully saturated rings. The first kappa shape index (κ1) is 17.6. The number of nitrogens with one attached hydrogen (secondary N) is 1. The third-order valence-corrected chi connectivity index (χ3v) is 4.80. The average Bonchev–Trinajstić information content (AvgIpc) is 2.56. The maximum Gasteiger partial charge on any atom is 0.337 e. The summed E-state index contributed by atoms with van der Waals surface area (Å²) in [6.07, 6.45) is 1.50. The van der Waals surface area contributed by atoms with Gasteiger partial charge < -0.3 is 9.84 Å². The van der Waals surface area contributed by atoms with Crippen molar-refractivity contribution < 1.29 is 23.1 Å². The molecule has 7 heteroatoms. The number of ether oxygens (including phenoxy) is 1. The highest BCUT2D eigenvalue weighted by Crippen LogP contribution is 2.27. The van der Waals surface area contributed by atoms with E-state index in [1.807, 2.05) is 0 Å². The van der Waals surface area contributed by atoms with Gasteiger partial charge in [0.1, 0.15) is 5.75 Å². The summed E-state index contributed by atoms with van der Waals surface area (Å²) in [5.41, 5.74) is 0.977. The molecule has 0 aliphatic heterocycles. The van der Waals surface area contributed by atoms with Crippen molar-refractivity contribution >= 4 is 27.8 Å². The van der Waals surface area contributed by atoms with E-state index in [-0.39, 0.29) is 16.1 Å². The van der Waals surface area contributed by atoms with Gasteiger partial charge in [-0.25, -0.2) is 13.2 Å². The van der Waals surface area contributed by atoms with Gasteiger partial charge in [-0.05, 0) is 54.4 Å². The van der Waals surface area contributed by atoms with E-state index in [1.165, 1.54) is 43.5 Å². The number of aryl methyl sites for hydroxylation is 1. The molecular weight excluding hydrogens is 330 g/mol. The molecule has 0 aliphatic rings. The van der Waals surface area contributed by atoms with Gasteiger partial charge in [0.25, 0.3) is 10.0 Å². The summed E-state index contributed by atoms with van der Waals surface area (Å²) in [5, 5.41) is 9.36. The molecule has 0 heterocycles. The first-order valence-electron chi connectivity index (χ1n) is 6.95. The standard InChI is InChI=1S/C17H17NO5S/c1-4-12-9-11(2)16(15(10-12)17(19)20)18-24(21,22)14-7-5-13(23-3)6-8-14/h4-10,18H,1H2,2-3H3,(H,19,20). The van der Waals surface area contributed by atoms with Gasteiger partial charge in [0.15, 0.2) is 0 Å². The van der Waals surface area contributed by atoms with Crippen molar-refractivity contribution in [2.24, 2.45) is 0 Å². The second-order valence-corrected chi connectivity index (χ2v) is 6.73. The molecule has 0 unspecified atom stereocenters. The van der Waals surface area contributed by atoms with Crippen LogP contribution in [0.1, 0.15) is 21.5 Å². The summed E-state index contributed by atoms with van der Waals surface area (Å²) in [6.45, 7) is 5.23. The molecule has 6 nitrogen and oxygen atoms in total. The number of sulfonamides is 1. The smallest absolute Gasteiger partial charge is 0.337 e. The van der Waals surface area contributed by atoms with E-state index in [4.69, 9.17) is 4.74 Å². The van der Waals surface area contributed by atoms with Crippen LogP contribution in [-0.4, -0.2) is 26.6 Å². The molecule has 126 valence electrons. The number of carboxylic acids is 1. The maximum atomic E-state index is 12.5. The highest BCUT2D eigenvalue weighted by Gasteiger charge is 2.21. The van der Waals surface area contributed by atoms with E-state index < -0.39 is 16.0 Å². The Balaban J connectivity index is 2.48. The molecule has 0 atom stereocenters. The van der Waals surface area contributed by atoms with Crippen molar-refractivity contribution in [3.8, 4) is 5.75 Å². The molecule has 2 N–H and O–H groups in total. The lowest BCUT2D eigenvalue weighted by molar-refractivity contribution is 0.0698. The molecule has 0 saturated heterocycles. The zero-order chi connectivity index (χ0) is 17.9. The van der Waals surface area contributed by atoms with Crippen LogP contribution in [0.3, 0.4) is 0 Å². The second kappa shape index (κ2) is 6.76. The molecule has 0 spiro atoms. The summed E-state index contributed by atoms with van der Waals surface area (Å²) in [4.78, 5) is 11.5. The molecular formula is C17H17NO5S. The van der Waals surface area contributed by atoms with Crippen LogP contribution in [-0.2, 0) is 10.0 Å². The number of methoxy groups -OCH3 is 1. The maximum absolute atomic E-state index is 12.5. The van der Waals surface area contributed by atoms with Crippen LogP contribution in [0.15, 0.2) is 47.9 Å². The lowest BCUT2D eigenvalue weighted by Crippen LogP contribution is -2.17. The minimum absolute atomic E-state index is 0.00633. The van der Waals surface area contributed by atoms with Gasteiger partial charge in [-0.1, -0.05) is 12.7 Å². The minimum Gasteiger partial charge on any atom is -0.497 e. The normalized spacial score (nSPS) is 10.9. The number of hydrogen-bond acceptors (Lipinski definition) is 4. The summed E-state index contributed by atoms with van der Waals surface area (Å²) in [7, 11) is -2.45. The van der Waals surface area contributed by atoms with Crippen LogP contribution in [0, 0.1) is 6.92 Å². The van der Waals surface area contributed by atoms with Crippen LogP contribution in [0.25, 0.3) is 6.08 Å². The van der Waals surface area contributed by atoms with Gasteiger partial charge in [-0.15, -0.1) is 0 Å². The van der Waals surface area contributed by atoms with Crippen LogP contribution in [0.2, 0.25) is 0 Å². The van der Waals surface area contributed by atoms with Crippen LogP contribution >= 0.6 is 0 Å². The SMILES string of the molecule is C=Cc1cc(C)c(NS(=O)(=O)c2ccc(OC)cc2)c(C(=O)O)c1. The molecule has 24 heavy (non-hydrogen) atoms. The van der Waals surface area contributed by atoms with E-state index in [0.29, 0.717) is 16.9 Å². The van der Waals surface area contributed by atoms with Gasteiger partial charge in [-0.3, -0.25) is 4.72 Å². The van der Waals surface area contributed by atoms with E-state index in [0.717, 1.165) is 0 Å². The first-order valence-corrected chi connectivity index (χ1v) is 8.44. The van der Waals surface area contributed by atoms with Crippen molar-refractivity contribution in [1.82, 2.24) is 0 Å².